The number of halogens is 1. The predicted octanol–water partition coefficient (Wildman–Crippen LogP) is 3.33. The Morgan fingerprint density at radius 1 is 1.25 bits per heavy atom. The summed E-state index contributed by atoms with van der Waals surface area (Å²) in [7, 11) is 1.67. The second kappa shape index (κ2) is 12.4. The predicted molar refractivity (Wildman–Crippen MR) is 109 cm³/mol. The topological polar surface area (TPSA) is 54.9 Å². The molecular formula is C18H30IN3O2. The average molecular weight is 447 g/mol. The van der Waals surface area contributed by atoms with Crippen molar-refractivity contribution in [3.05, 3.63) is 29.8 Å². The van der Waals surface area contributed by atoms with Crippen LogP contribution in [0.25, 0.3) is 0 Å². The highest BCUT2D eigenvalue weighted by Crippen LogP contribution is 2.17. The zero-order chi connectivity index (χ0) is 16.3. The van der Waals surface area contributed by atoms with Gasteiger partial charge in [-0.1, -0.05) is 25.0 Å². The van der Waals surface area contributed by atoms with Gasteiger partial charge >= 0.3 is 0 Å². The fourth-order valence-electron chi connectivity index (χ4n) is 2.73. The molecule has 1 aliphatic carbocycles. The van der Waals surface area contributed by atoms with Crippen molar-refractivity contribution in [3.8, 4) is 5.75 Å². The van der Waals surface area contributed by atoms with Crippen LogP contribution in [0.15, 0.2) is 29.3 Å². The molecule has 24 heavy (non-hydrogen) atoms. The minimum absolute atomic E-state index is 0. The zero-order valence-electron chi connectivity index (χ0n) is 14.7. The minimum atomic E-state index is 0. The van der Waals surface area contributed by atoms with Gasteiger partial charge in [0.05, 0.1) is 13.2 Å². The number of ether oxygens (including phenoxy) is 2. The Hall–Kier alpha value is -1.02. The fraction of sp³-hybridized carbons (Fsp3) is 0.611. The highest BCUT2D eigenvalue weighted by molar-refractivity contribution is 14.0. The smallest absolute Gasteiger partial charge is 0.191 e. The monoisotopic (exact) mass is 447 g/mol. The zero-order valence-corrected chi connectivity index (χ0v) is 17.0. The number of nitrogens with zero attached hydrogens (tertiary/aromatic N) is 1. The van der Waals surface area contributed by atoms with Crippen molar-refractivity contribution in [2.45, 2.75) is 45.2 Å². The number of rotatable bonds is 8. The van der Waals surface area contributed by atoms with Gasteiger partial charge in [-0.05, 0) is 37.5 Å². The van der Waals surface area contributed by atoms with Gasteiger partial charge in [-0.3, -0.25) is 0 Å². The van der Waals surface area contributed by atoms with E-state index < -0.39 is 0 Å². The van der Waals surface area contributed by atoms with Gasteiger partial charge in [0, 0.05) is 19.7 Å². The lowest BCUT2D eigenvalue weighted by Crippen LogP contribution is -2.42. The first-order valence-corrected chi connectivity index (χ1v) is 8.57. The molecule has 5 nitrogen and oxygen atoms in total. The number of nitrogens with one attached hydrogen (secondary N) is 2. The molecule has 0 radical (unpaired) electrons. The SMILES string of the molecule is CCNC(=NCc1cccc(OCCOC)c1)NC1CCCC1.I. The van der Waals surface area contributed by atoms with Crippen molar-refractivity contribution in [3.63, 3.8) is 0 Å². The molecular weight excluding hydrogens is 417 g/mol. The number of hydrogen-bond acceptors (Lipinski definition) is 3. The Morgan fingerprint density at radius 2 is 2.04 bits per heavy atom. The Balaban J connectivity index is 0.00000288. The number of methoxy groups -OCH3 is 1. The number of guanidine groups is 1. The van der Waals surface area contributed by atoms with Gasteiger partial charge in [0.2, 0.25) is 0 Å². The van der Waals surface area contributed by atoms with E-state index in [1.165, 1.54) is 25.7 Å². The van der Waals surface area contributed by atoms with Crippen LogP contribution in [0.2, 0.25) is 0 Å². The first-order chi connectivity index (χ1) is 11.3. The van der Waals surface area contributed by atoms with E-state index in [1.807, 2.05) is 18.2 Å². The van der Waals surface area contributed by atoms with Gasteiger partial charge < -0.3 is 20.1 Å². The van der Waals surface area contributed by atoms with Crippen molar-refractivity contribution in [2.24, 2.45) is 4.99 Å². The highest BCUT2D eigenvalue weighted by atomic mass is 127. The summed E-state index contributed by atoms with van der Waals surface area (Å²) in [5, 5.41) is 6.86. The second-order valence-electron chi connectivity index (χ2n) is 5.81. The lowest BCUT2D eigenvalue weighted by Gasteiger charge is -2.16. The lowest BCUT2D eigenvalue weighted by atomic mass is 10.2. The molecule has 1 saturated carbocycles. The summed E-state index contributed by atoms with van der Waals surface area (Å²) >= 11 is 0. The highest BCUT2D eigenvalue weighted by Gasteiger charge is 2.15. The summed E-state index contributed by atoms with van der Waals surface area (Å²) in [4.78, 5) is 4.70. The third-order valence-electron chi connectivity index (χ3n) is 3.91. The summed E-state index contributed by atoms with van der Waals surface area (Å²) in [6.45, 7) is 4.77. The van der Waals surface area contributed by atoms with Crippen LogP contribution in [-0.4, -0.2) is 38.9 Å². The van der Waals surface area contributed by atoms with Crippen LogP contribution in [0, 0.1) is 0 Å². The van der Waals surface area contributed by atoms with E-state index in [0.717, 1.165) is 23.8 Å². The Labute approximate surface area is 162 Å². The first kappa shape index (κ1) is 21.0. The molecule has 0 atom stereocenters. The molecule has 0 saturated heterocycles. The van der Waals surface area contributed by atoms with Crippen LogP contribution in [0.1, 0.15) is 38.2 Å². The third-order valence-corrected chi connectivity index (χ3v) is 3.91. The Bertz CT molecular complexity index is 491. The molecule has 0 aromatic heterocycles. The molecule has 136 valence electrons. The van der Waals surface area contributed by atoms with Crippen LogP contribution in [-0.2, 0) is 11.3 Å². The maximum Gasteiger partial charge on any atom is 0.191 e. The van der Waals surface area contributed by atoms with Crippen LogP contribution in [0.3, 0.4) is 0 Å². The molecule has 2 rings (SSSR count). The van der Waals surface area contributed by atoms with Crippen LogP contribution < -0.4 is 15.4 Å². The van der Waals surface area contributed by atoms with Crippen LogP contribution in [0.4, 0.5) is 0 Å². The van der Waals surface area contributed by atoms with E-state index in [1.54, 1.807) is 7.11 Å². The lowest BCUT2D eigenvalue weighted by molar-refractivity contribution is 0.146. The summed E-state index contributed by atoms with van der Waals surface area (Å²) in [6, 6.07) is 8.65. The van der Waals surface area contributed by atoms with Crippen molar-refractivity contribution in [1.29, 1.82) is 0 Å². The van der Waals surface area contributed by atoms with E-state index in [-0.39, 0.29) is 24.0 Å². The number of benzene rings is 1. The molecule has 0 unspecified atom stereocenters. The molecule has 0 bridgehead atoms. The normalized spacial score (nSPS) is 15.0. The summed E-state index contributed by atoms with van der Waals surface area (Å²) in [6.07, 6.45) is 5.12. The molecule has 0 heterocycles. The third kappa shape index (κ3) is 7.70. The maximum atomic E-state index is 5.64. The number of hydrogen-bond donors (Lipinski definition) is 2. The quantitative estimate of drug-likeness (QED) is 0.278. The maximum absolute atomic E-state index is 5.64. The molecule has 0 spiro atoms. The summed E-state index contributed by atoms with van der Waals surface area (Å²) < 4.78 is 10.6. The van der Waals surface area contributed by atoms with E-state index in [9.17, 15) is 0 Å². The van der Waals surface area contributed by atoms with Crippen molar-refractivity contribution < 1.29 is 9.47 Å². The second-order valence-corrected chi connectivity index (χ2v) is 5.81. The summed E-state index contributed by atoms with van der Waals surface area (Å²) in [5.41, 5.74) is 1.14. The van der Waals surface area contributed by atoms with Crippen molar-refractivity contribution in [1.82, 2.24) is 10.6 Å². The van der Waals surface area contributed by atoms with Gasteiger partial charge in [-0.25, -0.2) is 4.99 Å². The molecule has 1 aliphatic rings. The minimum Gasteiger partial charge on any atom is -0.491 e. The summed E-state index contributed by atoms with van der Waals surface area (Å²) in [5.74, 6) is 1.77. The van der Waals surface area contributed by atoms with E-state index in [0.29, 0.717) is 25.8 Å². The van der Waals surface area contributed by atoms with Crippen LogP contribution >= 0.6 is 24.0 Å². The molecule has 6 heteroatoms. The molecule has 1 fully saturated rings. The Kier molecular flexibility index (Phi) is 10.8. The Morgan fingerprint density at radius 3 is 2.75 bits per heavy atom. The van der Waals surface area contributed by atoms with Gasteiger partial charge in [0.15, 0.2) is 5.96 Å². The average Bonchev–Trinajstić information content (AvgIpc) is 3.07. The fourth-order valence-corrected chi connectivity index (χ4v) is 2.73. The largest absolute Gasteiger partial charge is 0.491 e. The van der Waals surface area contributed by atoms with E-state index in [2.05, 4.69) is 23.6 Å². The molecule has 1 aromatic rings. The van der Waals surface area contributed by atoms with Crippen molar-refractivity contribution >= 4 is 29.9 Å². The van der Waals surface area contributed by atoms with Crippen LogP contribution in [0.5, 0.6) is 5.75 Å². The molecule has 0 amide bonds. The first-order valence-electron chi connectivity index (χ1n) is 8.57. The number of aliphatic imine (C=N–C) groups is 1. The van der Waals surface area contributed by atoms with Gasteiger partial charge in [0.25, 0.3) is 0 Å². The molecule has 2 N–H and O–H groups in total. The van der Waals surface area contributed by atoms with Gasteiger partial charge in [0.1, 0.15) is 12.4 Å². The van der Waals surface area contributed by atoms with Gasteiger partial charge in [-0.15, -0.1) is 24.0 Å². The molecule has 1 aromatic carbocycles. The molecule has 0 aliphatic heterocycles. The van der Waals surface area contributed by atoms with E-state index >= 15 is 0 Å². The van der Waals surface area contributed by atoms with Gasteiger partial charge in [-0.2, -0.15) is 0 Å². The van der Waals surface area contributed by atoms with E-state index in [4.69, 9.17) is 14.5 Å². The van der Waals surface area contributed by atoms with Crippen molar-refractivity contribution in [2.75, 3.05) is 26.9 Å². The standard InChI is InChI=1S/C18H29N3O2.HI/c1-3-19-18(21-16-8-4-5-9-16)20-14-15-7-6-10-17(13-15)23-12-11-22-2;/h6-7,10,13,16H,3-5,8-9,11-12,14H2,1-2H3,(H2,19,20,21);1H.